The van der Waals surface area contributed by atoms with Gasteiger partial charge in [-0.05, 0) is 18.8 Å². The molecular formula is C9H15N3. The average molecular weight is 165 g/mol. The van der Waals surface area contributed by atoms with E-state index in [1.54, 1.807) is 0 Å². The molecule has 0 radical (unpaired) electrons. The molecule has 1 aliphatic carbocycles. The first-order valence-electron chi connectivity index (χ1n) is 4.73. The van der Waals surface area contributed by atoms with Gasteiger partial charge < -0.3 is 0 Å². The van der Waals surface area contributed by atoms with Gasteiger partial charge in [0.15, 0.2) is 0 Å². The summed E-state index contributed by atoms with van der Waals surface area (Å²) in [5.41, 5.74) is 6.30. The normalized spacial score (nSPS) is 46.7. The molecule has 4 atom stereocenters. The topological polar surface area (TPSA) is 47.9 Å². The molecule has 0 aromatic carbocycles. The third kappa shape index (κ3) is 1.12. The highest BCUT2D eigenvalue weighted by atomic mass is 15.4. The summed E-state index contributed by atoms with van der Waals surface area (Å²) in [7, 11) is 0. The van der Waals surface area contributed by atoms with Crippen LogP contribution in [0.4, 0.5) is 0 Å². The van der Waals surface area contributed by atoms with Gasteiger partial charge in [-0.25, -0.2) is 5.43 Å². The van der Waals surface area contributed by atoms with E-state index in [4.69, 9.17) is 5.26 Å². The fourth-order valence-corrected chi connectivity index (χ4v) is 2.50. The predicted molar refractivity (Wildman–Crippen MR) is 46.0 cm³/mol. The first kappa shape index (κ1) is 8.03. The van der Waals surface area contributed by atoms with E-state index in [1.165, 1.54) is 19.3 Å². The highest BCUT2D eigenvalue weighted by molar-refractivity contribution is 5.05. The molecule has 0 bridgehead atoms. The van der Waals surface area contributed by atoms with E-state index >= 15 is 0 Å². The van der Waals surface area contributed by atoms with E-state index in [9.17, 15) is 0 Å². The number of nitriles is 1. The van der Waals surface area contributed by atoms with Gasteiger partial charge in [0.25, 0.3) is 0 Å². The van der Waals surface area contributed by atoms with Crippen molar-refractivity contribution in [3.63, 3.8) is 0 Å². The van der Waals surface area contributed by atoms with Crippen molar-refractivity contribution in [1.82, 2.24) is 10.9 Å². The number of fused-ring (bicyclic) bond motifs is 1. The number of hydrogen-bond acceptors (Lipinski definition) is 3. The molecule has 1 aliphatic heterocycles. The van der Waals surface area contributed by atoms with Crippen molar-refractivity contribution in [3.05, 3.63) is 0 Å². The first-order chi connectivity index (χ1) is 5.83. The maximum Gasteiger partial charge on any atom is 0.112 e. The Balaban J connectivity index is 2.10. The highest BCUT2D eigenvalue weighted by Crippen LogP contribution is 2.33. The molecular weight excluding hydrogens is 150 g/mol. The van der Waals surface area contributed by atoms with Gasteiger partial charge in [0, 0.05) is 12.0 Å². The number of nitrogens with zero attached hydrogens (tertiary/aromatic N) is 1. The fourth-order valence-electron chi connectivity index (χ4n) is 2.50. The van der Waals surface area contributed by atoms with Gasteiger partial charge in [-0.3, -0.25) is 5.43 Å². The van der Waals surface area contributed by atoms with Crippen LogP contribution in [-0.4, -0.2) is 12.1 Å². The Morgan fingerprint density at radius 2 is 2.17 bits per heavy atom. The van der Waals surface area contributed by atoms with Gasteiger partial charge in [-0.2, -0.15) is 5.26 Å². The lowest BCUT2D eigenvalue weighted by molar-refractivity contribution is 0.242. The molecule has 0 aromatic heterocycles. The van der Waals surface area contributed by atoms with Crippen LogP contribution in [0.3, 0.4) is 0 Å². The van der Waals surface area contributed by atoms with E-state index in [1.807, 2.05) is 0 Å². The standard InChI is InChI=1S/C9H15N3/c1-6-3-2-4-7-8(5-10)11-12-9(6)7/h6-9,11-12H,2-4H2,1H3. The zero-order valence-corrected chi connectivity index (χ0v) is 7.38. The van der Waals surface area contributed by atoms with Crippen molar-refractivity contribution in [2.45, 2.75) is 38.3 Å². The molecule has 2 rings (SSSR count). The van der Waals surface area contributed by atoms with E-state index in [0.29, 0.717) is 12.0 Å². The zero-order valence-electron chi connectivity index (χ0n) is 7.38. The van der Waals surface area contributed by atoms with E-state index in [0.717, 1.165) is 5.92 Å². The number of rotatable bonds is 0. The van der Waals surface area contributed by atoms with Crippen LogP contribution in [0.25, 0.3) is 0 Å². The van der Waals surface area contributed by atoms with Gasteiger partial charge in [0.05, 0.1) is 6.07 Å². The van der Waals surface area contributed by atoms with Crippen LogP contribution in [0.5, 0.6) is 0 Å². The van der Waals surface area contributed by atoms with Crippen molar-refractivity contribution >= 4 is 0 Å². The molecule has 2 aliphatic rings. The van der Waals surface area contributed by atoms with Crippen LogP contribution in [0.15, 0.2) is 0 Å². The van der Waals surface area contributed by atoms with Gasteiger partial charge in [0.2, 0.25) is 0 Å². The smallest absolute Gasteiger partial charge is 0.112 e. The van der Waals surface area contributed by atoms with Crippen molar-refractivity contribution in [3.8, 4) is 6.07 Å². The molecule has 3 nitrogen and oxygen atoms in total. The number of hydrazine groups is 1. The SMILES string of the molecule is CC1CCCC2C(C#N)NNC12. The Morgan fingerprint density at radius 1 is 1.33 bits per heavy atom. The van der Waals surface area contributed by atoms with E-state index in [2.05, 4.69) is 23.8 Å². The van der Waals surface area contributed by atoms with Gasteiger partial charge in [-0.15, -0.1) is 0 Å². The monoisotopic (exact) mass is 165 g/mol. The van der Waals surface area contributed by atoms with Gasteiger partial charge >= 0.3 is 0 Å². The Morgan fingerprint density at radius 3 is 2.92 bits per heavy atom. The van der Waals surface area contributed by atoms with Crippen LogP contribution in [0.1, 0.15) is 26.2 Å². The second-order valence-corrected chi connectivity index (χ2v) is 3.99. The molecule has 3 heteroatoms. The molecule has 4 unspecified atom stereocenters. The molecule has 0 aromatic rings. The molecule has 2 fully saturated rings. The summed E-state index contributed by atoms with van der Waals surface area (Å²) in [5.74, 6) is 1.26. The van der Waals surface area contributed by atoms with Crippen molar-refractivity contribution in [2.75, 3.05) is 0 Å². The highest BCUT2D eigenvalue weighted by Gasteiger charge is 2.40. The molecule has 1 saturated carbocycles. The largest absolute Gasteiger partial charge is 0.253 e. The summed E-state index contributed by atoms with van der Waals surface area (Å²) in [5, 5.41) is 8.84. The Bertz CT molecular complexity index is 208. The minimum atomic E-state index is 0.0396. The molecule has 0 amide bonds. The lowest BCUT2D eigenvalue weighted by Gasteiger charge is -2.30. The quantitative estimate of drug-likeness (QED) is 0.558. The average Bonchev–Trinajstić information content (AvgIpc) is 2.49. The van der Waals surface area contributed by atoms with E-state index in [-0.39, 0.29) is 6.04 Å². The second-order valence-electron chi connectivity index (χ2n) is 3.99. The molecule has 66 valence electrons. The Labute approximate surface area is 73.1 Å². The second kappa shape index (κ2) is 3.04. The number of nitrogens with one attached hydrogen (secondary N) is 2. The third-order valence-electron chi connectivity index (χ3n) is 3.24. The van der Waals surface area contributed by atoms with Crippen LogP contribution in [0.2, 0.25) is 0 Å². The summed E-state index contributed by atoms with van der Waals surface area (Å²) in [4.78, 5) is 0. The summed E-state index contributed by atoms with van der Waals surface area (Å²) in [6.07, 6.45) is 3.78. The predicted octanol–water partition coefficient (Wildman–Crippen LogP) is 0.791. The minimum absolute atomic E-state index is 0.0396. The Hall–Kier alpha value is -0.590. The van der Waals surface area contributed by atoms with E-state index < -0.39 is 0 Å². The Kier molecular flexibility index (Phi) is 2.03. The fraction of sp³-hybridized carbons (Fsp3) is 0.889. The summed E-state index contributed by atoms with van der Waals surface area (Å²) >= 11 is 0. The van der Waals surface area contributed by atoms with Crippen molar-refractivity contribution < 1.29 is 0 Å². The molecule has 12 heavy (non-hydrogen) atoms. The maximum atomic E-state index is 8.84. The minimum Gasteiger partial charge on any atom is -0.253 e. The molecule has 1 saturated heterocycles. The molecule has 0 spiro atoms. The summed E-state index contributed by atoms with van der Waals surface area (Å²) in [6, 6.07) is 2.88. The van der Waals surface area contributed by atoms with Crippen molar-refractivity contribution in [1.29, 1.82) is 5.26 Å². The maximum absolute atomic E-state index is 8.84. The first-order valence-corrected chi connectivity index (χ1v) is 4.73. The number of hydrogen-bond donors (Lipinski definition) is 2. The third-order valence-corrected chi connectivity index (χ3v) is 3.24. The molecule has 1 heterocycles. The van der Waals surface area contributed by atoms with Crippen molar-refractivity contribution in [2.24, 2.45) is 11.8 Å². The summed E-state index contributed by atoms with van der Waals surface area (Å²) < 4.78 is 0. The summed E-state index contributed by atoms with van der Waals surface area (Å²) in [6.45, 7) is 2.27. The zero-order chi connectivity index (χ0) is 8.55. The van der Waals surface area contributed by atoms with Crippen LogP contribution in [0, 0.1) is 23.2 Å². The lowest BCUT2D eigenvalue weighted by Crippen LogP contribution is -2.39. The molecule has 2 N–H and O–H groups in total. The van der Waals surface area contributed by atoms with Crippen LogP contribution >= 0.6 is 0 Å². The van der Waals surface area contributed by atoms with Crippen LogP contribution < -0.4 is 10.9 Å². The van der Waals surface area contributed by atoms with Gasteiger partial charge in [0.1, 0.15) is 6.04 Å². The lowest BCUT2D eigenvalue weighted by atomic mass is 9.76. The van der Waals surface area contributed by atoms with Gasteiger partial charge in [-0.1, -0.05) is 13.3 Å². The van der Waals surface area contributed by atoms with Crippen LogP contribution in [-0.2, 0) is 0 Å².